The summed E-state index contributed by atoms with van der Waals surface area (Å²) in [5, 5.41) is 3.57. The average Bonchev–Trinajstić information content (AvgIpc) is 2.86. The maximum atomic E-state index is 6.22. The molecule has 1 atom stereocenters. The lowest BCUT2D eigenvalue weighted by Gasteiger charge is -2.29. The molecule has 0 aromatic heterocycles. The molecule has 0 bridgehead atoms. The number of para-hydroxylation sites is 1. The summed E-state index contributed by atoms with van der Waals surface area (Å²) in [7, 11) is 3.33. The van der Waals surface area contributed by atoms with Crippen molar-refractivity contribution in [2.45, 2.75) is 26.4 Å². The fourth-order valence-electron chi connectivity index (χ4n) is 3.50. The monoisotopic (exact) mass is 367 g/mol. The van der Waals surface area contributed by atoms with Gasteiger partial charge in [0.1, 0.15) is 0 Å². The van der Waals surface area contributed by atoms with E-state index in [-0.39, 0.29) is 6.04 Å². The van der Waals surface area contributed by atoms with Gasteiger partial charge >= 0.3 is 0 Å². The SMILES string of the molecule is COc1ccc(C2CNc3c(N)cccc3CN2CC=C(C)C)cc1OC. The lowest BCUT2D eigenvalue weighted by molar-refractivity contribution is 0.223. The van der Waals surface area contributed by atoms with Crippen LogP contribution < -0.4 is 20.5 Å². The Hall–Kier alpha value is -2.66. The molecule has 0 saturated carbocycles. The van der Waals surface area contributed by atoms with Crippen molar-refractivity contribution in [2.75, 3.05) is 38.4 Å². The van der Waals surface area contributed by atoms with Crippen molar-refractivity contribution in [3.63, 3.8) is 0 Å². The smallest absolute Gasteiger partial charge is 0.161 e. The number of nitrogens with zero attached hydrogens (tertiary/aromatic N) is 1. The molecule has 0 saturated heterocycles. The van der Waals surface area contributed by atoms with Crippen LogP contribution in [0.4, 0.5) is 11.4 Å². The van der Waals surface area contributed by atoms with Crippen LogP contribution in [0.2, 0.25) is 0 Å². The minimum Gasteiger partial charge on any atom is -0.493 e. The number of nitrogens with two attached hydrogens (primary N) is 1. The molecule has 3 rings (SSSR count). The molecule has 1 aliphatic rings. The molecule has 5 heteroatoms. The first-order valence-corrected chi connectivity index (χ1v) is 9.24. The Morgan fingerprint density at radius 3 is 2.67 bits per heavy atom. The molecule has 5 nitrogen and oxygen atoms in total. The minimum absolute atomic E-state index is 0.187. The van der Waals surface area contributed by atoms with Crippen molar-refractivity contribution in [3.05, 3.63) is 59.2 Å². The minimum atomic E-state index is 0.187. The molecule has 3 N–H and O–H groups in total. The Morgan fingerprint density at radius 1 is 1.19 bits per heavy atom. The first-order valence-electron chi connectivity index (χ1n) is 9.24. The van der Waals surface area contributed by atoms with Crippen molar-refractivity contribution in [1.29, 1.82) is 0 Å². The van der Waals surface area contributed by atoms with Crippen LogP contribution in [0.1, 0.15) is 31.0 Å². The molecule has 0 aliphatic carbocycles. The lowest BCUT2D eigenvalue weighted by atomic mass is 10.0. The summed E-state index contributed by atoms with van der Waals surface area (Å²) in [6, 6.07) is 12.5. The molecule has 0 radical (unpaired) electrons. The molecular weight excluding hydrogens is 338 g/mol. The summed E-state index contributed by atoms with van der Waals surface area (Å²) < 4.78 is 10.9. The fraction of sp³-hybridized carbons (Fsp3) is 0.364. The molecule has 1 unspecified atom stereocenters. The number of anilines is 2. The van der Waals surface area contributed by atoms with Crippen molar-refractivity contribution in [3.8, 4) is 11.5 Å². The second kappa shape index (κ2) is 8.35. The second-order valence-electron chi connectivity index (χ2n) is 7.10. The van der Waals surface area contributed by atoms with Gasteiger partial charge in [0, 0.05) is 19.6 Å². The van der Waals surface area contributed by atoms with Gasteiger partial charge in [-0.05, 0) is 43.2 Å². The lowest BCUT2D eigenvalue weighted by Crippen LogP contribution is -2.31. The van der Waals surface area contributed by atoms with E-state index in [1.54, 1.807) is 14.2 Å². The molecule has 1 aliphatic heterocycles. The maximum Gasteiger partial charge on any atom is 0.161 e. The zero-order chi connectivity index (χ0) is 19.4. The van der Waals surface area contributed by atoms with Crippen molar-refractivity contribution < 1.29 is 9.47 Å². The zero-order valence-corrected chi connectivity index (χ0v) is 16.6. The van der Waals surface area contributed by atoms with Crippen LogP contribution in [0.25, 0.3) is 0 Å². The number of nitrogens with one attached hydrogen (secondary N) is 1. The predicted octanol–water partition coefficient (Wildman–Crippen LogP) is 4.22. The van der Waals surface area contributed by atoms with E-state index in [1.165, 1.54) is 16.7 Å². The zero-order valence-electron chi connectivity index (χ0n) is 16.6. The Balaban J connectivity index is 1.99. The van der Waals surface area contributed by atoms with E-state index in [0.29, 0.717) is 0 Å². The quantitative estimate of drug-likeness (QED) is 0.612. The number of methoxy groups -OCH3 is 2. The second-order valence-corrected chi connectivity index (χ2v) is 7.10. The standard InChI is InChI=1S/C22H29N3O2/c1-15(2)10-11-25-14-17-6-5-7-18(23)22(17)24-13-19(25)16-8-9-20(26-3)21(12-16)27-4/h5-10,12,19,24H,11,13-14,23H2,1-4H3. The third-order valence-electron chi connectivity index (χ3n) is 5.00. The van der Waals surface area contributed by atoms with Crippen molar-refractivity contribution >= 4 is 11.4 Å². The van der Waals surface area contributed by atoms with Gasteiger partial charge in [-0.3, -0.25) is 4.90 Å². The van der Waals surface area contributed by atoms with E-state index in [4.69, 9.17) is 15.2 Å². The number of hydrogen-bond acceptors (Lipinski definition) is 5. The van der Waals surface area contributed by atoms with Gasteiger partial charge in [-0.2, -0.15) is 0 Å². The van der Waals surface area contributed by atoms with Crippen LogP contribution in [0.3, 0.4) is 0 Å². The van der Waals surface area contributed by atoms with E-state index in [9.17, 15) is 0 Å². The van der Waals surface area contributed by atoms with Crippen LogP contribution in [-0.2, 0) is 6.54 Å². The van der Waals surface area contributed by atoms with Gasteiger partial charge in [0.2, 0.25) is 0 Å². The molecule has 144 valence electrons. The number of rotatable bonds is 5. The van der Waals surface area contributed by atoms with Crippen LogP contribution in [0.5, 0.6) is 11.5 Å². The maximum absolute atomic E-state index is 6.22. The average molecular weight is 367 g/mol. The van der Waals surface area contributed by atoms with Crippen LogP contribution in [0, 0.1) is 0 Å². The van der Waals surface area contributed by atoms with Crippen molar-refractivity contribution in [2.24, 2.45) is 0 Å². The van der Waals surface area contributed by atoms with Gasteiger partial charge in [-0.25, -0.2) is 0 Å². The highest BCUT2D eigenvalue weighted by atomic mass is 16.5. The summed E-state index contributed by atoms with van der Waals surface area (Å²) in [6.07, 6.45) is 2.27. The van der Waals surface area contributed by atoms with Gasteiger partial charge in [0.15, 0.2) is 11.5 Å². The first kappa shape index (κ1) is 19.1. The summed E-state index contributed by atoms with van der Waals surface area (Å²) in [4.78, 5) is 2.46. The fourth-order valence-corrected chi connectivity index (χ4v) is 3.50. The Kier molecular flexibility index (Phi) is 5.91. The van der Waals surface area contributed by atoms with Gasteiger partial charge in [-0.15, -0.1) is 0 Å². The van der Waals surface area contributed by atoms with E-state index in [1.807, 2.05) is 18.2 Å². The number of allylic oxidation sites excluding steroid dienone is 1. The van der Waals surface area contributed by atoms with E-state index < -0.39 is 0 Å². The summed E-state index contributed by atoms with van der Waals surface area (Å²) in [5.74, 6) is 1.49. The Morgan fingerprint density at radius 2 is 1.96 bits per heavy atom. The normalized spacial score (nSPS) is 16.7. The Bertz CT molecular complexity index is 828. The molecule has 2 aromatic carbocycles. The highest BCUT2D eigenvalue weighted by Crippen LogP contribution is 2.36. The first-order chi connectivity index (χ1) is 13.0. The number of benzene rings is 2. The van der Waals surface area contributed by atoms with Crippen LogP contribution in [-0.4, -0.2) is 32.2 Å². The molecule has 2 aromatic rings. The number of fused-ring (bicyclic) bond motifs is 1. The van der Waals surface area contributed by atoms with E-state index in [2.05, 4.69) is 48.3 Å². The van der Waals surface area contributed by atoms with E-state index >= 15 is 0 Å². The third-order valence-corrected chi connectivity index (χ3v) is 5.00. The molecule has 1 heterocycles. The third kappa shape index (κ3) is 4.19. The van der Waals surface area contributed by atoms with Crippen LogP contribution in [0.15, 0.2) is 48.0 Å². The molecule has 27 heavy (non-hydrogen) atoms. The Labute approximate surface area is 161 Å². The van der Waals surface area contributed by atoms with Gasteiger partial charge in [0.05, 0.1) is 31.6 Å². The van der Waals surface area contributed by atoms with Gasteiger partial charge in [-0.1, -0.05) is 29.8 Å². The van der Waals surface area contributed by atoms with Crippen molar-refractivity contribution in [1.82, 2.24) is 4.90 Å². The summed E-state index contributed by atoms with van der Waals surface area (Å²) in [5.41, 5.74) is 11.8. The number of ether oxygens (including phenoxy) is 2. The molecule has 0 spiro atoms. The molecule has 0 amide bonds. The van der Waals surface area contributed by atoms with E-state index in [0.717, 1.165) is 42.5 Å². The highest BCUT2D eigenvalue weighted by Gasteiger charge is 2.26. The topological polar surface area (TPSA) is 59.8 Å². The largest absolute Gasteiger partial charge is 0.493 e. The predicted molar refractivity (Wildman–Crippen MR) is 111 cm³/mol. The molecule has 0 fully saturated rings. The number of hydrogen-bond donors (Lipinski definition) is 2. The molecular formula is C22H29N3O2. The summed E-state index contributed by atoms with van der Waals surface area (Å²) in [6.45, 7) is 6.74. The summed E-state index contributed by atoms with van der Waals surface area (Å²) >= 11 is 0. The van der Waals surface area contributed by atoms with Gasteiger partial charge < -0.3 is 20.5 Å². The number of nitrogen functional groups attached to an aromatic ring is 1. The highest BCUT2D eigenvalue weighted by molar-refractivity contribution is 5.70. The van der Waals surface area contributed by atoms with Crippen LogP contribution >= 0.6 is 0 Å². The van der Waals surface area contributed by atoms with Gasteiger partial charge in [0.25, 0.3) is 0 Å².